The molecule has 2 heterocycles. The van der Waals surface area contributed by atoms with E-state index in [0.717, 1.165) is 29.8 Å². The first-order chi connectivity index (χ1) is 7.74. The second-order valence-corrected chi connectivity index (χ2v) is 5.12. The van der Waals surface area contributed by atoms with Crippen molar-refractivity contribution in [3.8, 4) is 0 Å². The molecule has 0 spiro atoms. The van der Waals surface area contributed by atoms with Gasteiger partial charge in [-0.3, -0.25) is 0 Å². The first-order valence-corrected chi connectivity index (χ1v) is 6.61. The number of hydrogen-bond acceptors (Lipinski definition) is 3. The zero-order chi connectivity index (χ0) is 11.5. The molecular formula is C12H18BrNO2. The molecule has 1 aliphatic rings. The van der Waals surface area contributed by atoms with Gasteiger partial charge in [0.15, 0.2) is 0 Å². The first kappa shape index (κ1) is 12.1. The fourth-order valence-electron chi connectivity index (χ4n) is 2.25. The van der Waals surface area contributed by atoms with Crippen molar-refractivity contribution in [3.05, 3.63) is 22.6 Å². The van der Waals surface area contributed by atoms with Crippen molar-refractivity contribution < 1.29 is 9.15 Å². The van der Waals surface area contributed by atoms with Crippen molar-refractivity contribution in [1.82, 2.24) is 5.32 Å². The zero-order valence-corrected chi connectivity index (χ0v) is 11.3. The number of ether oxygens (including phenoxy) is 1. The summed E-state index contributed by atoms with van der Waals surface area (Å²) in [5.41, 5.74) is 0. The highest BCUT2D eigenvalue weighted by atomic mass is 79.9. The van der Waals surface area contributed by atoms with Gasteiger partial charge in [-0.15, -0.1) is 0 Å². The molecule has 16 heavy (non-hydrogen) atoms. The maximum absolute atomic E-state index is 5.82. The van der Waals surface area contributed by atoms with Crippen LogP contribution in [-0.4, -0.2) is 19.3 Å². The Morgan fingerprint density at radius 2 is 2.44 bits per heavy atom. The number of nitrogens with one attached hydrogen (secondary N) is 1. The molecular weight excluding hydrogens is 270 g/mol. The Balaban J connectivity index is 2.20. The molecule has 3 atom stereocenters. The van der Waals surface area contributed by atoms with Gasteiger partial charge in [0.25, 0.3) is 0 Å². The van der Waals surface area contributed by atoms with Crippen LogP contribution >= 0.6 is 15.9 Å². The zero-order valence-electron chi connectivity index (χ0n) is 9.70. The van der Waals surface area contributed by atoms with Crippen molar-refractivity contribution >= 4 is 15.9 Å². The second-order valence-electron chi connectivity index (χ2n) is 4.27. The predicted octanol–water partition coefficient (Wildman–Crippen LogP) is 3.12. The van der Waals surface area contributed by atoms with Crippen molar-refractivity contribution in [2.24, 2.45) is 5.92 Å². The predicted molar refractivity (Wildman–Crippen MR) is 66.3 cm³/mol. The Hall–Kier alpha value is -0.320. The molecule has 1 fully saturated rings. The van der Waals surface area contributed by atoms with Crippen molar-refractivity contribution in [2.75, 3.05) is 13.2 Å². The molecule has 1 aromatic heterocycles. The van der Waals surface area contributed by atoms with Gasteiger partial charge in [-0.1, -0.05) is 13.8 Å². The van der Waals surface area contributed by atoms with Crippen molar-refractivity contribution in [3.63, 3.8) is 0 Å². The van der Waals surface area contributed by atoms with E-state index in [1.165, 1.54) is 0 Å². The molecule has 0 aliphatic carbocycles. The lowest BCUT2D eigenvalue weighted by Gasteiger charge is -2.25. The summed E-state index contributed by atoms with van der Waals surface area (Å²) in [4.78, 5) is 0. The fourth-order valence-corrected chi connectivity index (χ4v) is 2.70. The summed E-state index contributed by atoms with van der Waals surface area (Å²) in [5.74, 6) is 1.52. The lowest BCUT2D eigenvalue weighted by Crippen LogP contribution is -2.34. The van der Waals surface area contributed by atoms with Gasteiger partial charge in [0.1, 0.15) is 5.76 Å². The van der Waals surface area contributed by atoms with Crippen LogP contribution in [0.5, 0.6) is 0 Å². The molecule has 1 aliphatic heterocycles. The highest BCUT2D eigenvalue weighted by molar-refractivity contribution is 9.10. The Labute approximate surface area is 105 Å². The molecule has 3 nitrogen and oxygen atoms in total. The van der Waals surface area contributed by atoms with Crippen molar-refractivity contribution in [1.29, 1.82) is 0 Å². The molecule has 0 saturated carbocycles. The number of furan rings is 1. The summed E-state index contributed by atoms with van der Waals surface area (Å²) < 4.78 is 12.4. The summed E-state index contributed by atoms with van der Waals surface area (Å²) >= 11 is 3.51. The third-order valence-electron chi connectivity index (χ3n) is 3.12. The summed E-state index contributed by atoms with van der Waals surface area (Å²) in [7, 11) is 0. The van der Waals surface area contributed by atoms with Crippen LogP contribution in [-0.2, 0) is 4.74 Å². The van der Waals surface area contributed by atoms with Crippen LogP contribution in [0.3, 0.4) is 0 Å². The number of hydrogen-bond donors (Lipinski definition) is 1. The minimum Gasteiger partial charge on any atom is -0.466 e. The maximum atomic E-state index is 5.82. The number of likely N-dealkylation sites (N-methyl/N-ethyl adjacent to an activating group) is 1. The summed E-state index contributed by atoms with van der Waals surface area (Å²) in [5, 5.41) is 3.45. The molecule has 0 aromatic carbocycles. The van der Waals surface area contributed by atoms with Crippen LogP contribution in [0, 0.1) is 5.92 Å². The van der Waals surface area contributed by atoms with Crippen LogP contribution in [0.2, 0.25) is 0 Å². The van der Waals surface area contributed by atoms with E-state index in [0.29, 0.717) is 5.92 Å². The molecule has 4 heteroatoms. The highest BCUT2D eigenvalue weighted by Gasteiger charge is 2.35. The molecule has 1 aromatic rings. The van der Waals surface area contributed by atoms with E-state index in [4.69, 9.17) is 9.15 Å². The van der Waals surface area contributed by atoms with E-state index >= 15 is 0 Å². The quantitative estimate of drug-likeness (QED) is 0.924. The topological polar surface area (TPSA) is 34.4 Å². The summed E-state index contributed by atoms with van der Waals surface area (Å²) in [6, 6.07) is 2.08. The van der Waals surface area contributed by atoms with Crippen molar-refractivity contribution in [2.45, 2.75) is 32.4 Å². The van der Waals surface area contributed by atoms with Gasteiger partial charge >= 0.3 is 0 Å². The Bertz CT molecular complexity index is 340. The molecule has 1 saturated heterocycles. The molecule has 3 unspecified atom stereocenters. The Morgan fingerprint density at radius 3 is 2.94 bits per heavy atom. The van der Waals surface area contributed by atoms with Gasteiger partial charge in [0.05, 0.1) is 22.9 Å². The molecule has 0 bridgehead atoms. The van der Waals surface area contributed by atoms with E-state index in [1.807, 2.05) is 6.07 Å². The molecule has 90 valence electrons. The van der Waals surface area contributed by atoms with E-state index < -0.39 is 0 Å². The van der Waals surface area contributed by atoms with Crippen LogP contribution in [0.15, 0.2) is 21.2 Å². The van der Waals surface area contributed by atoms with E-state index in [2.05, 4.69) is 35.1 Å². The average Bonchev–Trinajstić information content (AvgIpc) is 2.84. The van der Waals surface area contributed by atoms with E-state index in [9.17, 15) is 0 Å². The number of halogens is 1. The van der Waals surface area contributed by atoms with Gasteiger partial charge in [0.2, 0.25) is 0 Å². The molecule has 0 radical (unpaired) electrons. The normalized spacial score (nSPS) is 27.2. The lowest BCUT2D eigenvalue weighted by molar-refractivity contribution is 0.0541. The fraction of sp³-hybridized carbons (Fsp3) is 0.667. The molecule has 1 N–H and O–H groups in total. The monoisotopic (exact) mass is 287 g/mol. The van der Waals surface area contributed by atoms with Gasteiger partial charge in [-0.25, -0.2) is 0 Å². The minimum absolute atomic E-state index is 0.145. The minimum atomic E-state index is 0.145. The standard InChI is InChI=1S/C12H18BrNO2/c1-3-14-10(11-8(2)4-6-15-11)12-9(13)5-7-16-12/h5,7-8,10-11,14H,3-4,6H2,1-2H3. The highest BCUT2D eigenvalue weighted by Crippen LogP contribution is 2.34. The van der Waals surface area contributed by atoms with Gasteiger partial charge in [0, 0.05) is 6.61 Å². The Kier molecular flexibility index (Phi) is 4.05. The van der Waals surface area contributed by atoms with Crippen LogP contribution in [0.1, 0.15) is 32.1 Å². The van der Waals surface area contributed by atoms with Crippen LogP contribution in [0.4, 0.5) is 0 Å². The van der Waals surface area contributed by atoms with E-state index in [-0.39, 0.29) is 12.1 Å². The maximum Gasteiger partial charge on any atom is 0.137 e. The Morgan fingerprint density at radius 1 is 1.62 bits per heavy atom. The third kappa shape index (κ3) is 2.34. The first-order valence-electron chi connectivity index (χ1n) is 5.82. The largest absolute Gasteiger partial charge is 0.466 e. The van der Waals surface area contributed by atoms with Gasteiger partial charge in [-0.2, -0.15) is 0 Å². The third-order valence-corrected chi connectivity index (χ3v) is 3.78. The van der Waals surface area contributed by atoms with Gasteiger partial charge in [-0.05, 0) is 40.9 Å². The van der Waals surface area contributed by atoms with Crippen LogP contribution < -0.4 is 5.32 Å². The molecule has 0 amide bonds. The SMILES string of the molecule is CCNC(c1occc1Br)C1OCCC1C. The lowest BCUT2D eigenvalue weighted by atomic mass is 9.96. The summed E-state index contributed by atoms with van der Waals surface area (Å²) in [6.45, 7) is 6.10. The van der Waals surface area contributed by atoms with Crippen LogP contribution in [0.25, 0.3) is 0 Å². The molecule has 2 rings (SSSR count). The second kappa shape index (κ2) is 5.34. The van der Waals surface area contributed by atoms with Gasteiger partial charge < -0.3 is 14.5 Å². The number of rotatable bonds is 4. The smallest absolute Gasteiger partial charge is 0.137 e. The summed E-state index contributed by atoms with van der Waals surface area (Å²) in [6.07, 6.45) is 3.05. The van der Waals surface area contributed by atoms with E-state index in [1.54, 1.807) is 6.26 Å². The average molecular weight is 288 g/mol.